The first kappa shape index (κ1) is 15.4. The van der Waals surface area contributed by atoms with Crippen LogP contribution in [0.4, 0.5) is 4.39 Å². The number of H-pyrrole nitrogens is 1. The van der Waals surface area contributed by atoms with Crippen LogP contribution in [0.2, 0.25) is 0 Å². The fraction of sp³-hybridized carbons (Fsp3) is 0.200. The zero-order valence-electron chi connectivity index (χ0n) is 12.5. The van der Waals surface area contributed by atoms with E-state index in [1.54, 1.807) is 12.1 Å². The van der Waals surface area contributed by atoms with E-state index >= 15 is 0 Å². The second kappa shape index (κ2) is 5.62. The molecule has 0 saturated heterocycles. The molecule has 3 rings (SSSR count). The third kappa shape index (κ3) is 3.48. The van der Waals surface area contributed by atoms with Crippen LogP contribution in [0.15, 0.2) is 30.6 Å². The van der Waals surface area contributed by atoms with Gasteiger partial charge < -0.3 is 9.72 Å². The Balaban J connectivity index is 0.00000208. The predicted molar refractivity (Wildman–Crippen MR) is 85.8 cm³/mol. The van der Waals surface area contributed by atoms with Gasteiger partial charge >= 0.3 is 0 Å². The maximum absolute atomic E-state index is 14.5. The lowest BCUT2D eigenvalue weighted by Crippen LogP contribution is -2.03. The third-order valence-corrected chi connectivity index (χ3v) is 3.98. The Morgan fingerprint density at radius 1 is 1.30 bits per heavy atom. The summed E-state index contributed by atoms with van der Waals surface area (Å²) in [5.74, 6) is -0.635. The van der Waals surface area contributed by atoms with Crippen molar-refractivity contribution in [2.75, 3.05) is 6.26 Å². The zero-order chi connectivity index (χ0) is 16.6. The number of benzene rings is 1. The predicted octanol–water partition coefficient (Wildman–Crippen LogP) is 2.99. The van der Waals surface area contributed by atoms with E-state index in [2.05, 4.69) is 15.0 Å². The van der Waals surface area contributed by atoms with Crippen molar-refractivity contribution in [2.24, 2.45) is 0 Å². The largest absolute Gasteiger partial charge is 0.436 e. The molecule has 1 aromatic carbocycles. The first-order valence-corrected chi connectivity index (χ1v) is 8.82. The molecule has 0 amide bonds. The number of halogens is 1. The van der Waals surface area contributed by atoms with Gasteiger partial charge in [0.25, 0.3) is 0 Å². The van der Waals surface area contributed by atoms with Gasteiger partial charge in [0.2, 0.25) is 5.88 Å². The minimum atomic E-state index is -3.23. The van der Waals surface area contributed by atoms with E-state index in [1.165, 1.54) is 18.5 Å². The van der Waals surface area contributed by atoms with E-state index in [4.69, 9.17) is 4.74 Å². The molecule has 2 aromatic heterocycles. The number of nitrogens with one attached hydrogen (secondary N) is 1. The minimum absolute atomic E-state index is 0. The second-order valence-electron chi connectivity index (χ2n) is 5.31. The van der Waals surface area contributed by atoms with E-state index in [-0.39, 0.29) is 24.5 Å². The number of sulfone groups is 1. The van der Waals surface area contributed by atoms with E-state index in [9.17, 15) is 12.8 Å². The summed E-state index contributed by atoms with van der Waals surface area (Å²) in [5.41, 5.74) is 1.80. The molecular weight excluding hydrogens is 321 g/mol. The van der Waals surface area contributed by atoms with Crippen LogP contribution in [-0.4, -0.2) is 29.6 Å². The van der Waals surface area contributed by atoms with Crippen LogP contribution in [0, 0.1) is 12.7 Å². The Hall–Kier alpha value is -2.48. The van der Waals surface area contributed by atoms with Crippen molar-refractivity contribution in [3.05, 3.63) is 47.8 Å². The van der Waals surface area contributed by atoms with Crippen LogP contribution in [-0.2, 0) is 15.6 Å². The van der Waals surface area contributed by atoms with E-state index in [0.717, 1.165) is 11.9 Å². The van der Waals surface area contributed by atoms with Crippen molar-refractivity contribution in [2.45, 2.75) is 12.7 Å². The van der Waals surface area contributed by atoms with Crippen LogP contribution < -0.4 is 4.74 Å². The van der Waals surface area contributed by atoms with Crippen molar-refractivity contribution in [3.63, 3.8) is 0 Å². The summed E-state index contributed by atoms with van der Waals surface area (Å²) >= 11 is 0. The molecule has 6 nitrogen and oxygen atoms in total. The van der Waals surface area contributed by atoms with Crippen molar-refractivity contribution >= 4 is 20.7 Å². The average Bonchev–Trinajstić information content (AvgIpc) is 2.82. The SMILES string of the molecule is Cc1cc2c(F)c(Oc3cc(CS(C)(=O)=O)ncn3)ccc2[nH]1.[HH]. The molecule has 0 bridgehead atoms. The molecule has 0 fully saturated rings. The van der Waals surface area contributed by atoms with Crippen LogP contribution in [0.5, 0.6) is 11.6 Å². The molecule has 0 aliphatic rings. The first-order valence-electron chi connectivity index (χ1n) is 6.76. The number of aryl methyl sites for hydroxylation is 1. The Kier molecular flexibility index (Phi) is 3.77. The maximum Gasteiger partial charge on any atom is 0.222 e. The van der Waals surface area contributed by atoms with E-state index in [1.807, 2.05) is 6.92 Å². The van der Waals surface area contributed by atoms with Gasteiger partial charge in [0.05, 0.1) is 11.4 Å². The van der Waals surface area contributed by atoms with Crippen molar-refractivity contribution in [1.82, 2.24) is 15.0 Å². The summed E-state index contributed by atoms with van der Waals surface area (Å²) < 4.78 is 42.5. The van der Waals surface area contributed by atoms with Gasteiger partial charge in [0, 0.05) is 30.3 Å². The number of fused-ring (bicyclic) bond motifs is 1. The molecule has 122 valence electrons. The lowest BCUT2D eigenvalue weighted by Gasteiger charge is -2.07. The Bertz CT molecular complexity index is 989. The number of aromatic nitrogens is 3. The molecule has 0 atom stereocenters. The van der Waals surface area contributed by atoms with Crippen LogP contribution >= 0.6 is 0 Å². The van der Waals surface area contributed by atoms with Gasteiger partial charge in [0.15, 0.2) is 21.4 Å². The summed E-state index contributed by atoms with van der Waals surface area (Å²) in [6.45, 7) is 1.84. The normalized spacial score (nSPS) is 11.8. The molecule has 0 radical (unpaired) electrons. The smallest absolute Gasteiger partial charge is 0.222 e. The van der Waals surface area contributed by atoms with Crippen LogP contribution in [0.25, 0.3) is 10.9 Å². The van der Waals surface area contributed by atoms with E-state index < -0.39 is 15.7 Å². The number of aromatic amines is 1. The van der Waals surface area contributed by atoms with Gasteiger partial charge in [-0.25, -0.2) is 22.8 Å². The number of ether oxygens (including phenoxy) is 1. The summed E-state index contributed by atoms with van der Waals surface area (Å²) in [4.78, 5) is 10.8. The highest BCUT2D eigenvalue weighted by atomic mass is 32.2. The molecular formula is C15H16FN3O3S. The first-order chi connectivity index (χ1) is 10.8. The number of rotatable bonds is 4. The average molecular weight is 337 g/mol. The fourth-order valence-corrected chi connectivity index (χ4v) is 2.96. The van der Waals surface area contributed by atoms with Gasteiger partial charge in [-0.2, -0.15) is 0 Å². The van der Waals surface area contributed by atoms with Gasteiger partial charge in [-0.15, -0.1) is 0 Å². The van der Waals surface area contributed by atoms with E-state index in [0.29, 0.717) is 10.9 Å². The van der Waals surface area contributed by atoms with Gasteiger partial charge in [0.1, 0.15) is 6.33 Å². The lowest BCUT2D eigenvalue weighted by molar-refractivity contribution is 0.429. The molecule has 23 heavy (non-hydrogen) atoms. The quantitative estimate of drug-likeness (QED) is 0.791. The summed E-state index contributed by atoms with van der Waals surface area (Å²) in [6.07, 6.45) is 2.30. The summed E-state index contributed by atoms with van der Waals surface area (Å²) in [5, 5.41) is 0.422. The number of hydrogen-bond donors (Lipinski definition) is 1. The highest BCUT2D eigenvalue weighted by molar-refractivity contribution is 7.89. The van der Waals surface area contributed by atoms with Crippen molar-refractivity contribution in [3.8, 4) is 11.6 Å². The third-order valence-electron chi connectivity index (χ3n) is 3.16. The van der Waals surface area contributed by atoms with Crippen molar-refractivity contribution < 1.29 is 19.0 Å². The zero-order valence-corrected chi connectivity index (χ0v) is 13.3. The maximum atomic E-state index is 14.5. The molecule has 2 heterocycles. The number of hydrogen-bond acceptors (Lipinski definition) is 5. The highest BCUT2D eigenvalue weighted by Crippen LogP contribution is 2.29. The van der Waals surface area contributed by atoms with Gasteiger partial charge in [-0.3, -0.25) is 0 Å². The minimum Gasteiger partial charge on any atom is -0.436 e. The van der Waals surface area contributed by atoms with Crippen LogP contribution in [0.1, 0.15) is 12.8 Å². The molecule has 0 aliphatic heterocycles. The summed E-state index contributed by atoms with van der Waals surface area (Å²) in [6, 6.07) is 6.27. The topological polar surface area (TPSA) is 84.9 Å². The van der Waals surface area contributed by atoms with Crippen LogP contribution in [0.3, 0.4) is 0 Å². The summed E-state index contributed by atoms with van der Waals surface area (Å²) in [7, 11) is -3.23. The van der Waals surface area contributed by atoms with Gasteiger partial charge in [-0.1, -0.05) is 0 Å². The highest BCUT2D eigenvalue weighted by Gasteiger charge is 2.13. The Morgan fingerprint density at radius 2 is 2.09 bits per heavy atom. The van der Waals surface area contributed by atoms with Crippen molar-refractivity contribution in [1.29, 1.82) is 0 Å². The van der Waals surface area contributed by atoms with Gasteiger partial charge in [-0.05, 0) is 25.1 Å². The second-order valence-corrected chi connectivity index (χ2v) is 7.45. The molecule has 3 aromatic rings. The lowest BCUT2D eigenvalue weighted by atomic mass is 10.2. The molecule has 0 spiro atoms. The Labute approximate surface area is 133 Å². The molecule has 1 N–H and O–H groups in total. The monoisotopic (exact) mass is 337 g/mol. The molecule has 0 saturated carbocycles. The molecule has 8 heteroatoms. The molecule has 0 aliphatic carbocycles. The standard InChI is InChI=1S/C15H14FN3O3S.H2/c1-9-5-11-12(19-9)3-4-13(15(11)16)22-14-6-10(17-8-18-14)7-23(2,20)21;/h3-6,8,19H,7H2,1-2H3;1H. The molecule has 0 unspecified atom stereocenters. The fourth-order valence-electron chi connectivity index (χ4n) is 2.26. The Morgan fingerprint density at radius 3 is 2.83 bits per heavy atom. The number of nitrogens with zero attached hydrogens (tertiary/aromatic N) is 2.